The fraction of sp³-hybridized carbons (Fsp3) is 0.600. The minimum atomic E-state index is -4.08. The fourth-order valence-electron chi connectivity index (χ4n) is 2.15. The van der Waals surface area contributed by atoms with Crippen molar-refractivity contribution < 1.29 is 16.8 Å². The van der Waals surface area contributed by atoms with E-state index in [1.165, 1.54) is 37.1 Å². The highest BCUT2D eigenvalue weighted by Gasteiger charge is 2.22. The zero-order valence-electron chi connectivity index (χ0n) is 13.5. The van der Waals surface area contributed by atoms with Gasteiger partial charge in [-0.1, -0.05) is 45.4 Å². The van der Waals surface area contributed by atoms with Gasteiger partial charge in [0.15, 0.2) is 0 Å². The van der Waals surface area contributed by atoms with Gasteiger partial charge in [0.25, 0.3) is 10.0 Å². The summed E-state index contributed by atoms with van der Waals surface area (Å²) in [5.41, 5.74) is 5.90. The average molecular weight is 363 g/mol. The molecule has 0 saturated carbocycles. The minimum absolute atomic E-state index is 0.116. The highest BCUT2D eigenvalue weighted by molar-refractivity contribution is 8.04. The molecule has 0 aliphatic rings. The van der Waals surface area contributed by atoms with Crippen molar-refractivity contribution in [2.45, 2.75) is 56.8 Å². The maximum Gasteiger partial charge on any atom is 0.253 e. The second-order valence-electron chi connectivity index (χ2n) is 5.60. The van der Waals surface area contributed by atoms with Gasteiger partial charge >= 0.3 is 0 Å². The Hall–Kier alpha value is -1.12. The molecule has 1 rings (SSSR count). The molecule has 0 saturated heterocycles. The minimum Gasteiger partial charge on any atom is -0.399 e. The number of nitrogens with one attached hydrogen (secondary N) is 1. The molecule has 0 atom stereocenters. The van der Waals surface area contributed by atoms with Gasteiger partial charge in [-0.25, -0.2) is 16.8 Å². The van der Waals surface area contributed by atoms with E-state index in [4.69, 9.17) is 5.73 Å². The Bertz CT molecular complexity index is 668. The zero-order chi connectivity index (χ0) is 17.3. The first-order valence-electron chi connectivity index (χ1n) is 7.88. The third kappa shape index (κ3) is 7.81. The largest absolute Gasteiger partial charge is 0.399 e. The van der Waals surface area contributed by atoms with Crippen LogP contribution in [0.2, 0.25) is 0 Å². The Morgan fingerprint density at radius 1 is 0.870 bits per heavy atom. The molecule has 1 aromatic carbocycles. The summed E-state index contributed by atoms with van der Waals surface area (Å²) in [7, 11) is -7.95. The summed E-state index contributed by atoms with van der Waals surface area (Å²) in [5, 5.41) is 0. The van der Waals surface area contributed by atoms with Crippen LogP contribution in [0, 0.1) is 0 Å². The van der Waals surface area contributed by atoms with Crippen LogP contribution in [0.1, 0.15) is 51.9 Å². The molecule has 0 spiro atoms. The van der Waals surface area contributed by atoms with Crippen molar-refractivity contribution in [2.24, 2.45) is 0 Å². The number of anilines is 1. The second-order valence-corrected chi connectivity index (χ2v) is 9.38. The summed E-state index contributed by atoms with van der Waals surface area (Å²) in [5.74, 6) is -0.186. The van der Waals surface area contributed by atoms with Gasteiger partial charge < -0.3 is 5.73 Å². The van der Waals surface area contributed by atoms with Crippen molar-refractivity contribution in [3.63, 3.8) is 0 Å². The van der Waals surface area contributed by atoms with Crippen LogP contribution in [0.3, 0.4) is 0 Å². The first-order valence-corrected chi connectivity index (χ1v) is 11.0. The number of hydrogen-bond acceptors (Lipinski definition) is 5. The molecule has 0 bridgehead atoms. The molecule has 0 radical (unpaired) electrons. The predicted octanol–water partition coefficient (Wildman–Crippen LogP) is 2.63. The molecule has 8 heteroatoms. The molecule has 0 aliphatic heterocycles. The smallest absolute Gasteiger partial charge is 0.253 e. The molecule has 23 heavy (non-hydrogen) atoms. The van der Waals surface area contributed by atoms with Gasteiger partial charge in [-0.05, 0) is 30.7 Å². The molecule has 0 aliphatic carbocycles. The molecule has 0 heterocycles. The van der Waals surface area contributed by atoms with Crippen molar-refractivity contribution in [1.82, 2.24) is 4.13 Å². The van der Waals surface area contributed by atoms with E-state index in [-0.39, 0.29) is 10.6 Å². The molecule has 0 fully saturated rings. The number of benzene rings is 1. The molecule has 6 nitrogen and oxygen atoms in total. The maximum atomic E-state index is 12.0. The van der Waals surface area contributed by atoms with Crippen molar-refractivity contribution in [1.29, 1.82) is 0 Å². The van der Waals surface area contributed by atoms with E-state index >= 15 is 0 Å². The van der Waals surface area contributed by atoms with Crippen LogP contribution in [-0.2, 0) is 20.0 Å². The van der Waals surface area contributed by atoms with E-state index in [0.29, 0.717) is 12.1 Å². The zero-order valence-corrected chi connectivity index (χ0v) is 15.1. The van der Waals surface area contributed by atoms with Crippen LogP contribution in [0.4, 0.5) is 5.69 Å². The van der Waals surface area contributed by atoms with Crippen LogP contribution in [-0.4, -0.2) is 22.6 Å². The van der Waals surface area contributed by atoms with Gasteiger partial charge in [0.1, 0.15) is 0 Å². The Labute approximate surface area is 139 Å². The summed E-state index contributed by atoms with van der Waals surface area (Å²) < 4.78 is 49.7. The maximum absolute atomic E-state index is 12.0. The molecular weight excluding hydrogens is 336 g/mol. The number of nitrogens with two attached hydrogens (primary N) is 1. The SMILES string of the molecule is CCCCCCCCCS(=O)(=O)NS(=O)(=O)c1ccc(N)cc1. The van der Waals surface area contributed by atoms with Crippen LogP contribution >= 0.6 is 0 Å². The van der Waals surface area contributed by atoms with E-state index in [9.17, 15) is 16.8 Å². The molecular formula is C15H26N2O4S2. The number of rotatable bonds is 11. The standard InChI is InChI=1S/C15H26N2O4S2/c1-2-3-4-5-6-7-8-13-22(18,19)17-23(20,21)15-11-9-14(16)10-12-15/h9-12,17H,2-8,13,16H2,1H3. The summed E-state index contributed by atoms with van der Waals surface area (Å²) in [4.78, 5) is -0.116. The third-order valence-corrected chi connectivity index (χ3v) is 7.06. The predicted molar refractivity (Wildman–Crippen MR) is 93.0 cm³/mol. The summed E-state index contributed by atoms with van der Waals surface area (Å²) in [6.45, 7) is 2.14. The first-order chi connectivity index (χ1) is 10.8. The highest BCUT2D eigenvalue weighted by atomic mass is 32.3. The molecule has 0 amide bonds. The monoisotopic (exact) mass is 362 g/mol. The second kappa shape index (κ2) is 9.24. The number of nitrogen functional groups attached to an aromatic ring is 1. The lowest BCUT2D eigenvalue weighted by Gasteiger charge is -2.08. The quantitative estimate of drug-likeness (QED) is 0.465. The van der Waals surface area contributed by atoms with Gasteiger partial charge in [0, 0.05) is 5.69 Å². The lowest BCUT2D eigenvalue weighted by Crippen LogP contribution is -2.32. The Morgan fingerprint density at radius 3 is 1.96 bits per heavy atom. The Morgan fingerprint density at radius 2 is 1.39 bits per heavy atom. The van der Waals surface area contributed by atoms with Crippen LogP contribution < -0.4 is 9.86 Å². The molecule has 132 valence electrons. The fourth-order valence-corrected chi connectivity index (χ4v) is 5.29. The molecule has 0 unspecified atom stereocenters. The first kappa shape index (κ1) is 19.9. The van der Waals surface area contributed by atoms with Crippen molar-refractivity contribution >= 4 is 25.7 Å². The van der Waals surface area contributed by atoms with E-state index in [0.717, 1.165) is 25.7 Å². The third-order valence-electron chi connectivity index (χ3n) is 3.44. The number of unbranched alkanes of at least 4 members (excludes halogenated alkanes) is 6. The molecule has 3 N–H and O–H groups in total. The van der Waals surface area contributed by atoms with E-state index in [1.54, 1.807) is 4.13 Å². The van der Waals surface area contributed by atoms with E-state index < -0.39 is 20.0 Å². The van der Waals surface area contributed by atoms with Crippen LogP contribution in [0.15, 0.2) is 29.2 Å². The lowest BCUT2D eigenvalue weighted by molar-refractivity contribution is 0.568. The highest BCUT2D eigenvalue weighted by Crippen LogP contribution is 2.13. The van der Waals surface area contributed by atoms with Crippen molar-refractivity contribution in [3.8, 4) is 0 Å². The number of hydrogen-bond donors (Lipinski definition) is 2. The van der Waals surface area contributed by atoms with Crippen LogP contribution in [0.5, 0.6) is 0 Å². The Kier molecular flexibility index (Phi) is 8.01. The van der Waals surface area contributed by atoms with E-state index in [1.807, 2.05) is 0 Å². The van der Waals surface area contributed by atoms with Gasteiger partial charge in [-0.15, -0.1) is 4.13 Å². The lowest BCUT2D eigenvalue weighted by atomic mass is 10.1. The van der Waals surface area contributed by atoms with Gasteiger partial charge in [0.2, 0.25) is 10.0 Å². The molecule has 0 aromatic heterocycles. The number of sulfonamides is 2. The van der Waals surface area contributed by atoms with Crippen molar-refractivity contribution in [2.75, 3.05) is 11.5 Å². The summed E-state index contributed by atoms with van der Waals surface area (Å²) in [6, 6.07) is 5.39. The normalized spacial score (nSPS) is 12.4. The Balaban J connectivity index is 2.46. The molecule has 1 aromatic rings. The van der Waals surface area contributed by atoms with Gasteiger partial charge in [0.05, 0.1) is 10.6 Å². The van der Waals surface area contributed by atoms with E-state index in [2.05, 4.69) is 6.92 Å². The average Bonchev–Trinajstić information content (AvgIpc) is 2.45. The van der Waals surface area contributed by atoms with Gasteiger partial charge in [-0.3, -0.25) is 0 Å². The topological polar surface area (TPSA) is 106 Å². The van der Waals surface area contributed by atoms with Crippen LogP contribution in [0.25, 0.3) is 0 Å². The summed E-state index contributed by atoms with van der Waals surface area (Å²) in [6.07, 6.45) is 6.82. The van der Waals surface area contributed by atoms with Gasteiger partial charge in [-0.2, -0.15) is 0 Å². The summed E-state index contributed by atoms with van der Waals surface area (Å²) >= 11 is 0. The van der Waals surface area contributed by atoms with Crippen molar-refractivity contribution in [3.05, 3.63) is 24.3 Å².